The molecule has 1 aromatic rings. The summed E-state index contributed by atoms with van der Waals surface area (Å²) in [6.45, 7) is 6.13. The smallest absolute Gasteiger partial charge is 0.292 e. The van der Waals surface area contributed by atoms with Crippen LogP contribution in [0, 0.1) is 16.0 Å². The van der Waals surface area contributed by atoms with Gasteiger partial charge in [0.25, 0.3) is 5.69 Å². The summed E-state index contributed by atoms with van der Waals surface area (Å²) in [5.74, 6) is 0.583. The lowest BCUT2D eigenvalue weighted by molar-refractivity contribution is -0.384. The van der Waals surface area contributed by atoms with Crippen molar-refractivity contribution in [2.24, 2.45) is 5.92 Å². The molecule has 0 amide bonds. The van der Waals surface area contributed by atoms with Gasteiger partial charge in [-0.1, -0.05) is 22.9 Å². The summed E-state index contributed by atoms with van der Waals surface area (Å²) < 4.78 is 0.884. The third-order valence-corrected chi connectivity index (χ3v) is 4.43. The molecule has 1 unspecified atom stereocenters. The zero-order valence-corrected chi connectivity index (χ0v) is 14.2. The Labute approximate surface area is 134 Å². The van der Waals surface area contributed by atoms with Crippen LogP contribution in [0.4, 0.5) is 11.4 Å². The number of hydrogen-bond donors (Lipinski definition) is 0. The van der Waals surface area contributed by atoms with Gasteiger partial charge >= 0.3 is 0 Å². The van der Waals surface area contributed by atoms with Crippen molar-refractivity contribution >= 4 is 27.3 Å². The SMILES string of the molecule is CCCN(C)CC1CCN(c2cc(Br)ccc2[N+](=O)[O-])C1. The third-order valence-electron chi connectivity index (χ3n) is 3.94. The minimum Gasteiger partial charge on any atom is -0.366 e. The van der Waals surface area contributed by atoms with Gasteiger partial charge in [0.05, 0.1) is 4.92 Å². The monoisotopic (exact) mass is 355 g/mol. The van der Waals surface area contributed by atoms with E-state index in [1.165, 1.54) is 0 Å². The van der Waals surface area contributed by atoms with Crippen molar-refractivity contribution in [2.45, 2.75) is 19.8 Å². The maximum Gasteiger partial charge on any atom is 0.292 e. The van der Waals surface area contributed by atoms with Crippen molar-refractivity contribution < 1.29 is 4.92 Å². The molecule has 1 aromatic carbocycles. The topological polar surface area (TPSA) is 49.6 Å². The summed E-state index contributed by atoms with van der Waals surface area (Å²) in [5.41, 5.74) is 0.927. The standard InChI is InChI=1S/C15H22BrN3O2/c1-3-7-17(2)10-12-6-8-18(11-12)15-9-13(16)4-5-14(15)19(20)21/h4-5,9,12H,3,6-8,10-11H2,1-2H3. The molecule has 0 aliphatic carbocycles. The van der Waals surface area contributed by atoms with Crippen molar-refractivity contribution in [3.63, 3.8) is 0 Å². The Kier molecular flexibility index (Phi) is 5.58. The van der Waals surface area contributed by atoms with E-state index in [1.807, 2.05) is 6.07 Å². The fourth-order valence-corrected chi connectivity index (χ4v) is 3.37. The van der Waals surface area contributed by atoms with Crippen LogP contribution >= 0.6 is 15.9 Å². The van der Waals surface area contributed by atoms with Gasteiger partial charge in [0, 0.05) is 30.2 Å². The first-order valence-electron chi connectivity index (χ1n) is 7.38. The summed E-state index contributed by atoms with van der Waals surface area (Å²) in [6, 6.07) is 5.16. The number of rotatable bonds is 6. The summed E-state index contributed by atoms with van der Waals surface area (Å²) in [6.07, 6.45) is 2.25. The Balaban J connectivity index is 2.07. The van der Waals surface area contributed by atoms with Crippen LogP contribution in [0.5, 0.6) is 0 Å². The molecule has 1 aliphatic rings. The van der Waals surface area contributed by atoms with Gasteiger partial charge in [0.1, 0.15) is 5.69 Å². The molecule has 0 saturated carbocycles. The average Bonchev–Trinajstić information content (AvgIpc) is 2.86. The predicted octanol–water partition coefficient (Wildman–Crippen LogP) is 3.53. The van der Waals surface area contributed by atoms with Gasteiger partial charge in [-0.05, 0) is 44.5 Å². The lowest BCUT2D eigenvalue weighted by Crippen LogP contribution is -2.29. The van der Waals surface area contributed by atoms with Gasteiger partial charge < -0.3 is 9.80 Å². The fourth-order valence-electron chi connectivity index (χ4n) is 3.02. The molecule has 6 heteroatoms. The molecule has 0 bridgehead atoms. The maximum atomic E-state index is 11.2. The van der Waals surface area contributed by atoms with E-state index >= 15 is 0 Å². The van der Waals surface area contributed by atoms with Crippen LogP contribution in [0.15, 0.2) is 22.7 Å². The second-order valence-corrected chi connectivity index (χ2v) is 6.67. The quantitative estimate of drug-likeness (QED) is 0.578. The molecular weight excluding hydrogens is 334 g/mol. The Hall–Kier alpha value is -1.14. The van der Waals surface area contributed by atoms with E-state index in [2.05, 4.69) is 39.7 Å². The average molecular weight is 356 g/mol. The number of nitrogens with zero attached hydrogens (tertiary/aromatic N) is 3. The molecule has 1 aliphatic heterocycles. The van der Waals surface area contributed by atoms with E-state index in [1.54, 1.807) is 12.1 Å². The predicted molar refractivity (Wildman–Crippen MR) is 88.9 cm³/mol. The van der Waals surface area contributed by atoms with Crippen LogP contribution in [0.3, 0.4) is 0 Å². The van der Waals surface area contributed by atoms with Crippen molar-refractivity contribution in [1.82, 2.24) is 4.90 Å². The third kappa shape index (κ3) is 4.17. The van der Waals surface area contributed by atoms with Crippen LogP contribution in [0.1, 0.15) is 19.8 Å². The molecule has 2 rings (SSSR count). The fraction of sp³-hybridized carbons (Fsp3) is 0.600. The molecule has 0 spiro atoms. The van der Waals surface area contributed by atoms with Gasteiger partial charge in [-0.3, -0.25) is 10.1 Å². The summed E-state index contributed by atoms with van der Waals surface area (Å²) in [4.78, 5) is 15.4. The lowest BCUT2D eigenvalue weighted by Gasteiger charge is -2.22. The number of halogens is 1. The Morgan fingerprint density at radius 2 is 2.29 bits per heavy atom. The number of hydrogen-bond acceptors (Lipinski definition) is 4. The zero-order valence-electron chi connectivity index (χ0n) is 12.6. The molecule has 116 valence electrons. The highest BCUT2D eigenvalue weighted by molar-refractivity contribution is 9.10. The van der Waals surface area contributed by atoms with E-state index in [9.17, 15) is 10.1 Å². The number of nitro benzene ring substituents is 1. The lowest BCUT2D eigenvalue weighted by atomic mass is 10.1. The van der Waals surface area contributed by atoms with Gasteiger partial charge in [-0.25, -0.2) is 0 Å². The summed E-state index contributed by atoms with van der Waals surface area (Å²) in [7, 11) is 2.15. The first-order chi connectivity index (χ1) is 10.0. The highest BCUT2D eigenvalue weighted by Gasteiger charge is 2.28. The molecule has 21 heavy (non-hydrogen) atoms. The number of benzene rings is 1. The van der Waals surface area contributed by atoms with Crippen LogP contribution in [-0.4, -0.2) is 43.0 Å². The molecular formula is C15H22BrN3O2. The van der Waals surface area contributed by atoms with Gasteiger partial charge in [-0.15, -0.1) is 0 Å². The minimum atomic E-state index is -0.293. The van der Waals surface area contributed by atoms with Gasteiger partial charge in [0.15, 0.2) is 0 Å². The number of nitro groups is 1. The highest BCUT2D eigenvalue weighted by atomic mass is 79.9. The van der Waals surface area contributed by atoms with Crippen molar-refractivity contribution in [3.05, 3.63) is 32.8 Å². The molecule has 1 saturated heterocycles. The molecule has 1 fully saturated rings. The highest BCUT2D eigenvalue weighted by Crippen LogP contribution is 2.34. The van der Waals surface area contributed by atoms with Crippen molar-refractivity contribution in [1.29, 1.82) is 0 Å². The molecule has 0 aromatic heterocycles. The van der Waals surface area contributed by atoms with Crippen molar-refractivity contribution in [3.8, 4) is 0 Å². The Morgan fingerprint density at radius 1 is 1.52 bits per heavy atom. The largest absolute Gasteiger partial charge is 0.366 e. The molecule has 1 atom stereocenters. The minimum absolute atomic E-state index is 0.195. The van der Waals surface area contributed by atoms with E-state index < -0.39 is 0 Å². The van der Waals surface area contributed by atoms with Gasteiger partial charge in [0.2, 0.25) is 0 Å². The van der Waals surface area contributed by atoms with Crippen molar-refractivity contribution in [2.75, 3.05) is 38.1 Å². The zero-order chi connectivity index (χ0) is 15.4. The normalized spacial score (nSPS) is 18.5. The van der Waals surface area contributed by atoms with Crippen LogP contribution in [-0.2, 0) is 0 Å². The molecule has 0 N–H and O–H groups in total. The van der Waals surface area contributed by atoms with E-state index in [-0.39, 0.29) is 10.6 Å². The maximum absolute atomic E-state index is 11.2. The first-order valence-corrected chi connectivity index (χ1v) is 8.18. The summed E-state index contributed by atoms with van der Waals surface area (Å²) >= 11 is 3.41. The Morgan fingerprint density at radius 3 is 2.95 bits per heavy atom. The molecule has 0 radical (unpaired) electrons. The first kappa shape index (κ1) is 16.2. The second-order valence-electron chi connectivity index (χ2n) is 5.75. The van der Waals surface area contributed by atoms with Crippen LogP contribution < -0.4 is 4.90 Å². The van der Waals surface area contributed by atoms with Crippen LogP contribution in [0.2, 0.25) is 0 Å². The second kappa shape index (κ2) is 7.22. The van der Waals surface area contributed by atoms with E-state index in [0.29, 0.717) is 5.92 Å². The number of anilines is 1. The van der Waals surface area contributed by atoms with Gasteiger partial charge in [-0.2, -0.15) is 0 Å². The molecule has 1 heterocycles. The van der Waals surface area contributed by atoms with E-state index in [0.717, 1.165) is 49.2 Å². The molecule has 5 nitrogen and oxygen atoms in total. The van der Waals surface area contributed by atoms with Crippen LogP contribution in [0.25, 0.3) is 0 Å². The van der Waals surface area contributed by atoms with E-state index in [4.69, 9.17) is 0 Å². The Bertz CT molecular complexity index is 510. The summed E-state index contributed by atoms with van der Waals surface area (Å²) in [5, 5.41) is 11.2.